The van der Waals surface area contributed by atoms with Gasteiger partial charge >= 0.3 is 10.2 Å². The van der Waals surface area contributed by atoms with Gasteiger partial charge in [-0.1, -0.05) is 6.07 Å². The fourth-order valence-electron chi connectivity index (χ4n) is 1.05. The van der Waals surface area contributed by atoms with Crippen molar-refractivity contribution in [3.8, 4) is 5.75 Å². The van der Waals surface area contributed by atoms with Gasteiger partial charge in [0.05, 0.1) is 5.69 Å². The van der Waals surface area contributed by atoms with Crippen LogP contribution in [0.1, 0.15) is 0 Å². The quantitative estimate of drug-likeness (QED) is 0.508. The van der Waals surface area contributed by atoms with E-state index in [4.69, 9.17) is 15.9 Å². The van der Waals surface area contributed by atoms with Crippen LogP contribution in [0.4, 0.5) is 5.69 Å². The number of nitrogens with one attached hydrogen (secondary N) is 2. The molecule has 0 spiro atoms. The highest BCUT2D eigenvalue weighted by Gasteiger charge is 2.12. The van der Waals surface area contributed by atoms with Gasteiger partial charge in [0.2, 0.25) is 0 Å². The van der Waals surface area contributed by atoms with Gasteiger partial charge in [-0.25, -0.2) is 0 Å². The van der Waals surface area contributed by atoms with Crippen molar-refractivity contribution >= 4 is 21.7 Å². The van der Waals surface area contributed by atoms with Gasteiger partial charge in [-0.3, -0.25) is 10.1 Å². The van der Waals surface area contributed by atoms with Crippen molar-refractivity contribution in [2.45, 2.75) is 0 Å². The van der Waals surface area contributed by atoms with Crippen LogP contribution in [-0.2, 0) is 10.2 Å². The molecule has 1 rings (SSSR count). The summed E-state index contributed by atoms with van der Waals surface area (Å²) < 4.78 is 31.8. The first-order chi connectivity index (χ1) is 8.31. The summed E-state index contributed by atoms with van der Waals surface area (Å²) in [5.74, 6) is 0.332. The van der Waals surface area contributed by atoms with Gasteiger partial charge in [0.1, 0.15) is 18.2 Å². The lowest BCUT2D eigenvalue weighted by molar-refractivity contribution is 0.374. The van der Waals surface area contributed by atoms with Gasteiger partial charge in [-0.2, -0.15) is 12.7 Å². The molecule has 0 heterocycles. The minimum Gasteiger partial charge on any atom is -0.486 e. The van der Waals surface area contributed by atoms with E-state index in [0.717, 1.165) is 4.31 Å². The Morgan fingerprint density at radius 2 is 2.17 bits per heavy atom. The van der Waals surface area contributed by atoms with Crippen LogP contribution in [0, 0.1) is 5.41 Å². The number of nitrogens with two attached hydrogens (primary N) is 1. The standard InChI is InChI=1S/C10H16N4O3S/c1-14(2)18(15,16)13-8-4-3-5-9(6-8)17-7-10(11)12/h3-6,13H,7H2,1-2H3,(H3,11,12). The molecule has 0 saturated carbocycles. The van der Waals surface area contributed by atoms with Crippen LogP contribution in [0.3, 0.4) is 0 Å². The molecule has 0 aliphatic carbocycles. The van der Waals surface area contributed by atoms with Crippen LogP contribution in [0.5, 0.6) is 5.75 Å². The summed E-state index contributed by atoms with van der Waals surface area (Å²) in [6.07, 6.45) is 0. The van der Waals surface area contributed by atoms with Crippen LogP contribution in [0.15, 0.2) is 24.3 Å². The van der Waals surface area contributed by atoms with Crippen molar-refractivity contribution in [1.29, 1.82) is 5.41 Å². The van der Waals surface area contributed by atoms with Crippen molar-refractivity contribution in [2.75, 3.05) is 25.4 Å². The van der Waals surface area contributed by atoms with Gasteiger partial charge in [-0.15, -0.1) is 0 Å². The summed E-state index contributed by atoms with van der Waals surface area (Å²) in [4.78, 5) is 0. The molecule has 1 aromatic rings. The minimum atomic E-state index is -3.54. The molecule has 4 N–H and O–H groups in total. The van der Waals surface area contributed by atoms with E-state index in [1.807, 2.05) is 0 Å². The van der Waals surface area contributed by atoms with Crippen LogP contribution in [0.2, 0.25) is 0 Å². The van der Waals surface area contributed by atoms with E-state index in [2.05, 4.69) is 4.72 Å². The second-order valence-electron chi connectivity index (χ2n) is 3.73. The number of rotatable bonds is 6. The summed E-state index contributed by atoms with van der Waals surface area (Å²) >= 11 is 0. The van der Waals surface area contributed by atoms with E-state index in [-0.39, 0.29) is 12.4 Å². The maximum atomic E-state index is 11.6. The molecule has 100 valence electrons. The van der Waals surface area contributed by atoms with E-state index < -0.39 is 10.2 Å². The van der Waals surface area contributed by atoms with Crippen LogP contribution < -0.4 is 15.2 Å². The average molecular weight is 272 g/mol. The molecule has 8 heteroatoms. The maximum absolute atomic E-state index is 11.6. The lowest BCUT2D eigenvalue weighted by atomic mass is 10.3. The molecule has 0 atom stereocenters. The molecule has 18 heavy (non-hydrogen) atoms. The highest BCUT2D eigenvalue weighted by Crippen LogP contribution is 2.18. The number of hydrogen-bond acceptors (Lipinski definition) is 4. The topological polar surface area (TPSA) is 109 Å². The monoisotopic (exact) mass is 272 g/mol. The predicted molar refractivity (Wildman–Crippen MR) is 70.1 cm³/mol. The van der Waals surface area contributed by atoms with Gasteiger partial charge in [-0.05, 0) is 12.1 Å². The normalized spacial score (nSPS) is 11.3. The zero-order valence-electron chi connectivity index (χ0n) is 10.2. The number of nitrogens with zero attached hydrogens (tertiary/aromatic N) is 1. The Balaban J connectivity index is 2.80. The largest absolute Gasteiger partial charge is 0.486 e. The molecule has 0 aliphatic rings. The second kappa shape index (κ2) is 5.69. The van der Waals surface area contributed by atoms with Crippen molar-refractivity contribution in [3.63, 3.8) is 0 Å². The lowest BCUT2D eigenvalue weighted by Gasteiger charge is -2.14. The van der Waals surface area contributed by atoms with E-state index in [0.29, 0.717) is 11.4 Å². The highest BCUT2D eigenvalue weighted by molar-refractivity contribution is 7.90. The van der Waals surface area contributed by atoms with Gasteiger partial charge in [0.25, 0.3) is 0 Å². The first-order valence-corrected chi connectivity index (χ1v) is 6.51. The smallest absolute Gasteiger partial charge is 0.301 e. The third-order valence-corrected chi connectivity index (χ3v) is 3.41. The third kappa shape index (κ3) is 4.22. The van der Waals surface area contributed by atoms with Crippen molar-refractivity contribution < 1.29 is 13.2 Å². The van der Waals surface area contributed by atoms with E-state index in [1.165, 1.54) is 20.2 Å². The average Bonchev–Trinajstić information content (AvgIpc) is 2.26. The zero-order valence-corrected chi connectivity index (χ0v) is 11.0. The summed E-state index contributed by atoms with van der Waals surface area (Å²) in [5.41, 5.74) is 5.54. The minimum absolute atomic E-state index is 0.0378. The van der Waals surface area contributed by atoms with Crippen molar-refractivity contribution in [1.82, 2.24) is 4.31 Å². The summed E-state index contributed by atoms with van der Waals surface area (Å²) in [6.45, 7) is -0.0378. The Hall–Kier alpha value is -1.80. The summed E-state index contributed by atoms with van der Waals surface area (Å²) in [7, 11) is -0.680. The first-order valence-electron chi connectivity index (χ1n) is 5.07. The summed E-state index contributed by atoms with van der Waals surface area (Å²) in [5, 5.41) is 7.03. The first kappa shape index (κ1) is 14.3. The molecule has 0 aliphatic heterocycles. The fourth-order valence-corrected chi connectivity index (χ4v) is 1.66. The molecule has 0 bridgehead atoms. The Bertz CT molecular complexity index is 528. The lowest BCUT2D eigenvalue weighted by Crippen LogP contribution is -2.28. The van der Waals surface area contributed by atoms with Crippen molar-refractivity contribution in [3.05, 3.63) is 24.3 Å². The molecule has 7 nitrogen and oxygen atoms in total. The molecular weight excluding hydrogens is 256 g/mol. The van der Waals surface area contributed by atoms with Gasteiger partial charge < -0.3 is 10.5 Å². The molecule has 0 saturated heterocycles. The number of benzene rings is 1. The van der Waals surface area contributed by atoms with Crippen LogP contribution in [-0.4, -0.2) is 39.3 Å². The Labute approximate surface area is 106 Å². The number of anilines is 1. The fraction of sp³-hybridized carbons (Fsp3) is 0.300. The number of hydrogen-bond donors (Lipinski definition) is 3. The van der Waals surface area contributed by atoms with Gasteiger partial charge in [0.15, 0.2) is 0 Å². The third-order valence-electron chi connectivity index (χ3n) is 1.96. The zero-order chi connectivity index (χ0) is 13.8. The molecule has 0 fully saturated rings. The number of ether oxygens (including phenoxy) is 1. The van der Waals surface area contributed by atoms with Crippen LogP contribution in [0.25, 0.3) is 0 Å². The molecular formula is C10H16N4O3S. The maximum Gasteiger partial charge on any atom is 0.301 e. The Morgan fingerprint density at radius 3 is 2.72 bits per heavy atom. The van der Waals surface area contributed by atoms with Crippen molar-refractivity contribution in [2.24, 2.45) is 5.73 Å². The molecule has 0 unspecified atom stereocenters. The predicted octanol–water partition coefficient (Wildman–Crippen LogP) is 0.220. The summed E-state index contributed by atoms with van der Waals surface area (Å²) in [6, 6.07) is 6.41. The SMILES string of the molecule is CN(C)S(=O)(=O)Nc1cccc(OCC(=N)N)c1. The van der Waals surface area contributed by atoms with E-state index >= 15 is 0 Å². The van der Waals surface area contributed by atoms with E-state index in [9.17, 15) is 8.42 Å². The molecule has 1 aromatic carbocycles. The Kier molecular flexibility index (Phi) is 4.51. The molecule has 0 amide bonds. The molecule has 0 aromatic heterocycles. The highest BCUT2D eigenvalue weighted by atomic mass is 32.2. The van der Waals surface area contributed by atoms with E-state index in [1.54, 1.807) is 18.2 Å². The molecule has 0 radical (unpaired) electrons. The van der Waals surface area contributed by atoms with Gasteiger partial charge in [0, 0.05) is 20.2 Å². The second-order valence-corrected chi connectivity index (χ2v) is 5.62. The Morgan fingerprint density at radius 1 is 1.50 bits per heavy atom. The number of amidine groups is 1. The van der Waals surface area contributed by atoms with Crippen LogP contribution >= 0.6 is 0 Å².